The van der Waals surface area contributed by atoms with E-state index in [4.69, 9.17) is 37.4 Å². The minimum Gasteiger partial charge on any atom is -0.497 e. The van der Waals surface area contributed by atoms with Gasteiger partial charge in [-0.3, -0.25) is 9.69 Å². The van der Waals surface area contributed by atoms with E-state index in [9.17, 15) is 14.7 Å². The number of nitrogens with one attached hydrogen (secondary N) is 2. The molecule has 3 aromatic rings. The van der Waals surface area contributed by atoms with E-state index in [0.717, 1.165) is 24.8 Å². The molecule has 0 fully saturated rings. The molecule has 3 aromatic carbocycles. The molecule has 0 saturated carbocycles. The molecular weight excluding hydrogens is 667 g/mol. The molecule has 0 spiro atoms. The quantitative estimate of drug-likeness (QED) is 0.210. The predicted molar refractivity (Wildman–Crippen MR) is 195 cm³/mol. The number of hydrogen-bond acceptors (Lipinski definition) is 7. The van der Waals surface area contributed by atoms with Gasteiger partial charge in [0, 0.05) is 43.5 Å². The van der Waals surface area contributed by atoms with Crippen LogP contribution >= 0.6 is 23.2 Å². The fraction of sp³-hybridized carbons (Fsp3) is 0.459. The monoisotopic (exact) mass is 714 g/mol. The molecule has 1 aliphatic rings. The molecule has 0 bridgehead atoms. The highest BCUT2D eigenvalue weighted by atomic mass is 35.5. The largest absolute Gasteiger partial charge is 0.497 e. The molecule has 266 valence electrons. The first-order valence-corrected chi connectivity index (χ1v) is 17.4. The van der Waals surface area contributed by atoms with Gasteiger partial charge in [0.05, 0.1) is 47.6 Å². The molecule has 0 saturated heterocycles. The smallest absolute Gasteiger partial charge is 0.323 e. The van der Waals surface area contributed by atoms with Crippen molar-refractivity contribution in [2.24, 2.45) is 5.92 Å². The van der Waals surface area contributed by atoms with Gasteiger partial charge in [-0.05, 0) is 100 Å². The average molecular weight is 716 g/mol. The third-order valence-electron chi connectivity index (χ3n) is 8.59. The summed E-state index contributed by atoms with van der Waals surface area (Å²) in [5, 5.41) is 16.9. The molecule has 3 amide bonds. The molecule has 4 atom stereocenters. The Balaban J connectivity index is 1.57. The lowest BCUT2D eigenvalue weighted by molar-refractivity contribution is -0.0177. The Kier molecular flexibility index (Phi) is 14.4. The zero-order valence-electron chi connectivity index (χ0n) is 28.9. The van der Waals surface area contributed by atoms with Gasteiger partial charge < -0.3 is 34.9 Å². The van der Waals surface area contributed by atoms with Crippen LogP contribution in [0.2, 0.25) is 10.0 Å². The SMILES string of the molecule is COc1ccc(NC(=O)Nc2ccc3c(c2)C(=O)N([C@H](C)CO)C[C@H](C)[C@@H](CN(C)Cc2ccc(Cl)c(Cl)c2)OCCCC[C@H](C)O3)cc1. The van der Waals surface area contributed by atoms with Crippen LogP contribution < -0.4 is 20.1 Å². The van der Waals surface area contributed by atoms with Crippen molar-refractivity contribution in [2.45, 2.75) is 64.8 Å². The number of amides is 3. The Morgan fingerprint density at radius 1 is 1.04 bits per heavy atom. The fourth-order valence-electron chi connectivity index (χ4n) is 5.75. The second-order valence-corrected chi connectivity index (χ2v) is 13.6. The van der Waals surface area contributed by atoms with Crippen molar-refractivity contribution >= 4 is 46.5 Å². The van der Waals surface area contributed by atoms with Crippen molar-refractivity contribution in [1.82, 2.24) is 9.80 Å². The second kappa shape index (κ2) is 18.5. The van der Waals surface area contributed by atoms with E-state index in [0.29, 0.717) is 64.7 Å². The summed E-state index contributed by atoms with van der Waals surface area (Å²) in [5.41, 5.74) is 2.34. The van der Waals surface area contributed by atoms with Crippen molar-refractivity contribution in [3.8, 4) is 11.5 Å². The summed E-state index contributed by atoms with van der Waals surface area (Å²) >= 11 is 12.4. The van der Waals surface area contributed by atoms with Crippen LogP contribution in [0.3, 0.4) is 0 Å². The summed E-state index contributed by atoms with van der Waals surface area (Å²) in [4.78, 5) is 31.1. The lowest BCUT2D eigenvalue weighted by Crippen LogP contribution is -2.47. The van der Waals surface area contributed by atoms with Crippen molar-refractivity contribution in [2.75, 3.05) is 51.1 Å². The minimum atomic E-state index is -0.488. The molecule has 1 heterocycles. The fourth-order valence-corrected chi connectivity index (χ4v) is 6.07. The van der Waals surface area contributed by atoms with Crippen molar-refractivity contribution in [3.63, 3.8) is 0 Å². The lowest BCUT2D eigenvalue weighted by Gasteiger charge is -2.36. The van der Waals surface area contributed by atoms with Gasteiger partial charge in [0.2, 0.25) is 0 Å². The number of aliphatic hydroxyl groups excluding tert-OH is 1. The molecule has 0 aromatic heterocycles. The van der Waals surface area contributed by atoms with E-state index < -0.39 is 12.1 Å². The number of benzene rings is 3. The minimum absolute atomic E-state index is 0.0861. The second-order valence-electron chi connectivity index (χ2n) is 12.8. The maximum absolute atomic E-state index is 14.4. The first kappa shape index (κ1) is 38.3. The highest BCUT2D eigenvalue weighted by molar-refractivity contribution is 6.42. The Morgan fingerprint density at radius 2 is 1.76 bits per heavy atom. The molecule has 10 nitrogen and oxygen atoms in total. The van der Waals surface area contributed by atoms with Crippen LogP contribution in [-0.2, 0) is 11.3 Å². The highest BCUT2D eigenvalue weighted by Crippen LogP contribution is 2.29. The van der Waals surface area contributed by atoms with Gasteiger partial charge in [0.25, 0.3) is 5.91 Å². The van der Waals surface area contributed by atoms with Crippen LogP contribution in [-0.4, -0.2) is 85.6 Å². The van der Waals surface area contributed by atoms with Crippen LogP contribution in [0.1, 0.15) is 56.0 Å². The maximum Gasteiger partial charge on any atom is 0.323 e. The number of anilines is 2. The van der Waals surface area contributed by atoms with Crippen LogP contribution in [0, 0.1) is 5.92 Å². The van der Waals surface area contributed by atoms with Gasteiger partial charge in [0.15, 0.2) is 0 Å². The van der Waals surface area contributed by atoms with E-state index in [-0.39, 0.29) is 30.6 Å². The summed E-state index contributed by atoms with van der Waals surface area (Å²) in [6.45, 7) is 7.80. The van der Waals surface area contributed by atoms with Gasteiger partial charge in [-0.2, -0.15) is 0 Å². The zero-order chi connectivity index (χ0) is 35.5. The number of rotatable bonds is 9. The number of hydrogen-bond donors (Lipinski definition) is 3. The van der Waals surface area contributed by atoms with Crippen molar-refractivity contribution < 1.29 is 28.9 Å². The summed E-state index contributed by atoms with van der Waals surface area (Å²) in [7, 11) is 3.60. The predicted octanol–water partition coefficient (Wildman–Crippen LogP) is 7.57. The van der Waals surface area contributed by atoms with Crippen LogP contribution in [0.4, 0.5) is 16.2 Å². The number of urea groups is 1. The molecule has 49 heavy (non-hydrogen) atoms. The molecular formula is C37H48Cl2N4O6. The van der Waals surface area contributed by atoms with Crippen LogP contribution in [0.25, 0.3) is 0 Å². The van der Waals surface area contributed by atoms with E-state index in [1.165, 1.54) is 0 Å². The zero-order valence-corrected chi connectivity index (χ0v) is 30.4. The third-order valence-corrected chi connectivity index (χ3v) is 9.32. The standard InChI is InChI=1S/C37H48Cl2N4O6/c1-24-20-43(25(2)23-44)36(45)31-19-29(41-37(46)40-28-10-13-30(47-5)14-11-28)12-16-34(31)49-26(3)8-6-7-17-48-35(24)22-42(4)21-27-9-15-32(38)33(39)18-27/h9-16,18-19,24-26,35,44H,6-8,17,20-23H2,1-5H3,(H2,40,41,46)/t24-,25+,26-,35+/m0/s1. The number of likely N-dealkylation sites (N-methyl/N-ethyl adjacent to an activating group) is 1. The number of aliphatic hydroxyl groups is 1. The highest BCUT2D eigenvalue weighted by Gasteiger charge is 2.30. The Hall–Kier alpha value is -3.54. The Labute approximate surface area is 299 Å². The van der Waals surface area contributed by atoms with E-state index >= 15 is 0 Å². The number of halogens is 2. The number of carbonyl (C=O) groups excluding carboxylic acids is 2. The Bertz CT molecular complexity index is 1540. The van der Waals surface area contributed by atoms with Crippen molar-refractivity contribution in [1.29, 1.82) is 0 Å². The van der Waals surface area contributed by atoms with Crippen LogP contribution in [0.5, 0.6) is 11.5 Å². The number of carbonyl (C=O) groups is 2. The molecule has 4 rings (SSSR count). The van der Waals surface area contributed by atoms with Crippen LogP contribution in [0.15, 0.2) is 60.7 Å². The number of fused-ring (bicyclic) bond motifs is 1. The normalized spacial score (nSPS) is 19.7. The maximum atomic E-state index is 14.4. The first-order chi connectivity index (χ1) is 23.5. The summed E-state index contributed by atoms with van der Waals surface area (Å²) < 4.78 is 18.0. The molecule has 12 heteroatoms. The first-order valence-electron chi connectivity index (χ1n) is 16.7. The van der Waals surface area contributed by atoms with E-state index in [1.807, 2.05) is 33.0 Å². The number of ether oxygens (including phenoxy) is 3. The Morgan fingerprint density at radius 3 is 2.45 bits per heavy atom. The van der Waals surface area contributed by atoms with E-state index in [1.54, 1.807) is 60.5 Å². The van der Waals surface area contributed by atoms with Gasteiger partial charge in [-0.1, -0.05) is 36.2 Å². The molecule has 3 N–H and O–H groups in total. The summed E-state index contributed by atoms with van der Waals surface area (Å²) in [6.07, 6.45) is 2.17. The molecule has 0 aliphatic carbocycles. The molecule has 0 unspecified atom stereocenters. The third kappa shape index (κ3) is 11.2. The van der Waals surface area contributed by atoms with Gasteiger partial charge >= 0.3 is 6.03 Å². The average Bonchev–Trinajstić information content (AvgIpc) is 3.08. The lowest BCUT2D eigenvalue weighted by atomic mass is 10.0. The van der Waals surface area contributed by atoms with E-state index in [2.05, 4.69) is 22.5 Å². The van der Waals surface area contributed by atoms with Crippen molar-refractivity contribution in [3.05, 3.63) is 81.8 Å². The summed E-state index contributed by atoms with van der Waals surface area (Å²) in [6, 6.07) is 16.7. The molecule has 0 radical (unpaired) electrons. The van der Waals surface area contributed by atoms with Gasteiger partial charge in [-0.25, -0.2) is 4.79 Å². The van der Waals surface area contributed by atoms with Gasteiger partial charge in [0.1, 0.15) is 11.5 Å². The van der Waals surface area contributed by atoms with Gasteiger partial charge in [-0.15, -0.1) is 0 Å². The summed E-state index contributed by atoms with van der Waals surface area (Å²) in [5.74, 6) is 0.702. The molecule has 1 aliphatic heterocycles. The number of methoxy groups -OCH3 is 1. The topological polar surface area (TPSA) is 113 Å². The number of nitrogens with zero attached hydrogens (tertiary/aromatic N) is 2.